The number of carbonyl (C=O) groups is 1. The molecule has 2 aromatic rings. The van der Waals surface area contributed by atoms with Gasteiger partial charge in [0.05, 0.1) is 12.6 Å². The number of benzene rings is 1. The maximum atomic E-state index is 12.4. The molecule has 1 aromatic heterocycles. The molecule has 7 heteroatoms. The van der Waals surface area contributed by atoms with Gasteiger partial charge in [0.1, 0.15) is 12.4 Å². The van der Waals surface area contributed by atoms with Crippen molar-refractivity contribution in [2.45, 2.75) is 52.8 Å². The van der Waals surface area contributed by atoms with Crippen molar-refractivity contribution < 1.29 is 9.53 Å². The first-order valence-corrected chi connectivity index (χ1v) is 8.53. The fraction of sp³-hybridized carbons (Fsp3) is 0.500. The summed E-state index contributed by atoms with van der Waals surface area (Å²) in [6.07, 6.45) is 1.65. The second-order valence-corrected chi connectivity index (χ2v) is 6.67. The number of aryl methyl sites for hydroxylation is 4. The van der Waals surface area contributed by atoms with Crippen molar-refractivity contribution in [2.24, 2.45) is 0 Å². The first-order chi connectivity index (χ1) is 12.0. The molecule has 1 aliphatic rings. The number of urea groups is 1. The molecular weight excluding hydrogens is 318 g/mol. The van der Waals surface area contributed by atoms with Gasteiger partial charge in [0.25, 0.3) is 0 Å². The summed E-state index contributed by atoms with van der Waals surface area (Å²) in [5.74, 6) is 1.64. The van der Waals surface area contributed by atoms with Crippen LogP contribution in [0.4, 0.5) is 10.5 Å². The van der Waals surface area contributed by atoms with Crippen molar-refractivity contribution in [3.05, 3.63) is 40.5 Å². The van der Waals surface area contributed by atoms with Crippen molar-refractivity contribution in [2.75, 3.05) is 12.4 Å². The fourth-order valence-corrected chi connectivity index (χ4v) is 3.38. The molecule has 0 fully saturated rings. The van der Waals surface area contributed by atoms with Crippen molar-refractivity contribution in [1.29, 1.82) is 0 Å². The van der Waals surface area contributed by atoms with Gasteiger partial charge < -0.3 is 15.4 Å². The predicted molar refractivity (Wildman–Crippen MR) is 95.7 cm³/mol. The maximum Gasteiger partial charge on any atom is 0.319 e. The molecule has 134 valence electrons. The number of hydrogen-bond donors (Lipinski definition) is 2. The molecular formula is C18H25N5O2. The SMILES string of the molecule is COCc1nc2n(n1)C[C@@H](NC(=O)Nc1c(C)cc(C)cc1C)CC2. The second kappa shape index (κ2) is 7.23. The first kappa shape index (κ1) is 17.4. The highest BCUT2D eigenvalue weighted by Crippen LogP contribution is 2.22. The van der Waals surface area contributed by atoms with Gasteiger partial charge in [0, 0.05) is 19.2 Å². The Morgan fingerprint density at radius 2 is 2.04 bits per heavy atom. The largest absolute Gasteiger partial charge is 0.377 e. The van der Waals surface area contributed by atoms with Gasteiger partial charge in [-0.15, -0.1) is 0 Å². The van der Waals surface area contributed by atoms with Gasteiger partial charge in [-0.2, -0.15) is 5.10 Å². The summed E-state index contributed by atoms with van der Waals surface area (Å²) in [6, 6.07) is 4.00. The average Bonchev–Trinajstić information content (AvgIpc) is 2.93. The molecule has 2 N–H and O–H groups in total. The highest BCUT2D eigenvalue weighted by atomic mass is 16.5. The Labute approximate surface area is 147 Å². The van der Waals surface area contributed by atoms with E-state index in [1.54, 1.807) is 7.11 Å². The van der Waals surface area contributed by atoms with Crippen LogP contribution in [-0.4, -0.2) is 33.9 Å². The van der Waals surface area contributed by atoms with E-state index in [4.69, 9.17) is 4.74 Å². The van der Waals surface area contributed by atoms with E-state index in [-0.39, 0.29) is 12.1 Å². The number of nitrogens with zero attached hydrogens (tertiary/aromatic N) is 3. The Morgan fingerprint density at radius 3 is 2.72 bits per heavy atom. The molecule has 2 heterocycles. The normalized spacial score (nSPS) is 16.4. The van der Waals surface area contributed by atoms with E-state index in [0.717, 1.165) is 35.5 Å². The minimum Gasteiger partial charge on any atom is -0.377 e. The molecule has 0 radical (unpaired) electrons. The van der Waals surface area contributed by atoms with Crippen LogP contribution in [0.1, 0.15) is 34.8 Å². The van der Waals surface area contributed by atoms with Gasteiger partial charge in [0.15, 0.2) is 5.82 Å². The summed E-state index contributed by atoms with van der Waals surface area (Å²) >= 11 is 0. The van der Waals surface area contributed by atoms with E-state index in [1.165, 1.54) is 5.56 Å². The van der Waals surface area contributed by atoms with Crippen LogP contribution in [0.15, 0.2) is 12.1 Å². The van der Waals surface area contributed by atoms with Crippen LogP contribution in [-0.2, 0) is 24.3 Å². The molecule has 1 aliphatic heterocycles. The number of hydrogen-bond acceptors (Lipinski definition) is 4. The Morgan fingerprint density at radius 1 is 1.32 bits per heavy atom. The number of aromatic nitrogens is 3. The Bertz CT molecular complexity index is 761. The van der Waals surface area contributed by atoms with E-state index in [1.807, 2.05) is 18.5 Å². The Balaban J connectivity index is 1.62. The van der Waals surface area contributed by atoms with E-state index < -0.39 is 0 Å². The molecule has 0 bridgehead atoms. The number of methoxy groups -OCH3 is 1. The summed E-state index contributed by atoms with van der Waals surface area (Å²) in [7, 11) is 1.63. The number of anilines is 1. The fourth-order valence-electron chi connectivity index (χ4n) is 3.38. The quantitative estimate of drug-likeness (QED) is 0.894. The molecule has 0 spiro atoms. The van der Waals surface area contributed by atoms with Gasteiger partial charge in [0.2, 0.25) is 0 Å². The standard InChI is InChI=1S/C18H25N5O2/c1-11-7-12(2)17(13(3)8-11)21-18(24)19-14-5-6-16-20-15(10-25-4)22-23(16)9-14/h7-8,14H,5-6,9-10H2,1-4H3,(H2,19,21,24)/t14-/m0/s1. The van der Waals surface area contributed by atoms with Crippen LogP contribution in [0, 0.1) is 20.8 Å². The number of rotatable bonds is 4. The summed E-state index contributed by atoms with van der Waals surface area (Å²) in [4.78, 5) is 16.9. The monoisotopic (exact) mass is 343 g/mol. The third-order valence-corrected chi connectivity index (χ3v) is 4.43. The van der Waals surface area contributed by atoms with Crippen LogP contribution in [0.2, 0.25) is 0 Å². The van der Waals surface area contributed by atoms with Gasteiger partial charge in [-0.05, 0) is 38.3 Å². The summed E-state index contributed by atoms with van der Waals surface area (Å²) in [5.41, 5.74) is 4.21. The van der Waals surface area contributed by atoms with Crippen LogP contribution >= 0.6 is 0 Å². The zero-order chi connectivity index (χ0) is 18.0. The lowest BCUT2D eigenvalue weighted by atomic mass is 10.1. The first-order valence-electron chi connectivity index (χ1n) is 8.53. The lowest BCUT2D eigenvalue weighted by Crippen LogP contribution is -2.43. The molecule has 3 rings (SSSR count). The second-order valence-electron chi connectivity index (χ2n) is 6.67. The minimum atomic E-state index is -0.180. The Kier molecular flexibility index (Phi) is 5.03. The Hall–Kier alpha value is -2.41. The molecule has 0 saturated heterocycles. The molecule has 2 amide bonds. The summed E-state index contributed by atoms with van der Waals surface area (Å²) < 4.78 is 6.94. The minimum absolute atomic E-state index is 0.0376. The molecule has 1 aromatic carbocycles. The lowest BCUT2D eigenvalue weighted by Gasteiger charge is -2.24. The van der Waals surface area contributed by atoms with E-state index >= 15 is 0 Å². The molecule has 0 unspecified atom stereocenters. The highest BCUT2D eigenvalue weighted by molar-refractivity contribution is 5.91. The lowest BCUT2D eigenvalue weighted by molar-refractivity contribution is 0.177. The predicted octanol–water partition coefficient (Wildman–Crippen LogP) is 2.49. The maximum absolute atomic E-state index is 12.4. The van der Waals surface area contributed by atoms with E-state index in [0.29, 0.717) is 19.0 Å². The summed E-state index contributed by atoms with van der Waals surface area (Å²) in [5, 5.41) is 10.5. The van der Waals surface area contributed by atoms with Crippen molar-refractivity contribution in [3.63, 3.8) is 0 Å². The van der Waals surface area contributed by atoms with Crippen molar-refractivity contribution in [3.8, 4) is 0 Å². The van der Waals surface area contributed by atoms with E-state index in [9.17, 15) is 4.79 Å². The zero-order valence-electron chi connectivity index (χ0n) is 15.2. The van der Waals surface area contributed by atoms with Gasteiger partial charge in [-0.1, -0.05) is 17.7 Å². The summed E-state index contributed by atoms with van der Waals surface area (Å²) in [6.45, 7) is 7.11. The average molecular weight is 343 g/mol. The third kappa shape index (κ3) is 3.99. The molecule has 7 nitrogen and oxygen atoms in total. The van der Waals surface area contributed by atoms with Crippen molar-refractivity contribution in [1.82, 2.24) is 20.1 Å². The smallest absolute Gasteiger partial charge is 0.319 e. The number of fused-ring (bicyclic) bond motifs is 1. The van der Waals surface area contributed by atoms with Crippen LogP contribution < -0.4 is 10.6 Å². The van der Waals surface area contributed by atoms with Crippen LogP contribution in [0.5, 0.6) is 0 Å². The molecule has 25 heavy (non-hydrogen) atoms. The highest BCUT2D eigenvalue weighted by Gasteiger charge is 2.23. The number of amides is 2. The number of nitrogens with one attached hydrogen (secondary N) is 2. The topological polar surface area (TPSA) is 81.1 Å². The van der Waals surface area contributed by atoms with Crippen molar-refractivity contribution >= 4 is 11.7 Å². The van der Waals surface area contributed by atoms with Gasteiger partial charge in [-0.25, -0.2) is 14.5 Å². The van der Waals surface area contributed by atoms with Crippen LogP contribution in [0.25, 0.3) is 0 Å². The molecule has 1 atom stereocenters. The third-order valence-electron chi connectivity index (χ3n) is 4.43. The van der Waals surface area contributed by atoms with E-state index in [2.05, 4.69) is 39.8 Å². The molecule has 0 aliphatic carbocycles. The van der Waals surface area contributed by atoms with Gasteiger partial charge >= 0.3 is 6.03 Å². The van der Waals surface area contributed by atoms with Gasteiger partial charge in [-0.3, -0.25) is 0 Å². The molecule has 0 saturated carbocycles. The van der Waals surface area contributed by atoms with Crippen LogP contribution in [0.3, 0.4) is 0 Å². The zero-order valence-corrected chi connectivity index (χ0v) is 15.2. The number of ether oxygens (including phenoxy) is 1. The number of carbonyl (C=O) groups excluding carboxylic acids is 1.